The second-order valence-corrected chi connectivity index (χ2v) is 5.25. The molecule has 4 atom stereocenters. The van der Waals surface area contributed by atoms with Crippen LogP contribution in [0.4, 0.5) is 0 Å². The van der Waals surface area contributed by atoms with Crippen LogP contribution in [-0.4, -0.2) is 37.7 Å². The Morgan fingerprint density at radius 3 is 2.57 bits per heavy atom. The number of carbonyl (C=O) groups is 3. The molecule has 21 heavy (non-hydrogen) atoms. The molecule has 0 spiro atoms. The number of hydrogen-bond donors (Lipinski definition) is 0. The van der Waals surface area contributed by atoms with Gasteiger partial charge in [0.15, 0.2) is 0 Å². The minimum Gasteiger partial charge on any atom is -0.463 e. The van der Waals surface area contributed by atoms with Crippen LogP contribution in [0.1, 0.15) is 13.3 Å². The molecule has 2 aliphatic rings. The van der Waals surface area contributed by atoms with Gasteiger partial charge in [-0.2, -0.15) is 0 Å². The highest BCUT2D eigenvalue weighted by molar-refractivity contribution is 5.86. The summed E-state index contributed by atoms with van der Waals surface area (Å²) in [5.74, 6) is -1.28. The van der Waals surface area contributed by atoms with Gasteiger partial charge < -0.3 is 14.2 Å². The molecular weight excluding hydrogens is 276 g/mol. The number of carbonyl (C=O) groups excluding carboxylic acids is 3. The lowest BCUT2D eigenvalue weighted by molar-refractivity contribution is -0.160. The Morgan fingerprint density at radius 1 is 1.24 bits per heavy atom. The molecule has 0 aliphatic heterocycles. The smallest absolute Gasteiger partial charge is 0.333 e. The van der Waals surface area contributed by atoms with Crippen LogP contribution < -0.4 is 0 Å². The average Bonchev–Trinajstić information content (AvgIpc) is 3.04. The zero-order valence-corrected chi connectivity index (χ0v) is 11.8. The molecule has 6 heteroatoms. The lowest BCUT2D eigenvalue weighted by atomic mass is 9.91. The Hall–Kier alpha value is -2.11. The van der Waals surface area contributed by atoms with Gasteiger partial charge in [-0.15, -0.1) is 0 Å². The standard InChI is InChI=1S/C15H18O6/c1-9(2)14(17)19-5-6-20-15(18)12-10-3-4-11(7-10)13(12)21-8-16/h3-4,8,10-13H,1,5-7H2,2H3. The van der Waals surface area contributed by atoms with Crippen LogP contribution in [0.3, 0.4) is 0 Å². The molecule has 0 heterocycles. The van der Waals surface area contributed by atoms with Crippen LogP contribution >= 0.6 is 0 Å². The molecule has 0 radical (unpaired) electrons. The fourth-order valence-electron chi connectivity index (χ4n) is 2.83. The van der Waals surface area contributed by atoms with Gasteiger partial charge in [-0.25, -0.2) is 4.79 Å². The van der Waals surface area contributed by atoms with Gasteiger partial charge in [0.1, 0.15) is 25.2 Å². The van der Waals surface area contributed by atoms with E-state index >= 15 is 0 Å². The molecule has 4 unspecified atom stereocenters. The molecule has 0 aromatic carbocycles. The Balaban J connectivity index is 1.80. The van der Waals surface area contributed by atoms with Crippen molar-refractivity contribution in [3.05, 3.63) is 24.3 Å². The third-order valence-electron chi connectivity index (χ3n) is 3.78. The molecule has 1 fully saturated rings. The number of hydrogen-bond acceptors (Lipinski definition) is 6. The molecule has 6 nitrogen and oxygen atoms in total. The van der Waals surface area contributed by atoms with Crippen molar-refractivity contribution in [2.45, 2.75) is 19.4 Å². The predicted molar refractivity (Wildman–Crippen MR) is 71.9 cm³/mol. The zero-order valence-electron chi connectivity index (χ0n) is 11.8. The summed E-state index contributed by atoms with van der Waals surface area (Å²) in [5, 5.41) is 0. The SMILES string of the molecule is C=C(C)C(=O)OCCOC(=O)C1C2C=CC(C2)C1OC=O. The second kappa shape index (κ2) is 6.56. The molecule has 0 aromatic heterocycles. The Bertz CT molecular complexity index is 481. The van der Waals surface area contributed by atoms with E-state index in [9.17, 15) is 14.4 Å². The van der Waals surface area contributed by atoms with Gasteiger partial charge in [0.25, 0.3) is 6.47 Å². The Labute approximate surface area is 122 Å². The molecule has 114 valence electrons. The molecule has 1 saturated carbocycles. The van der Waals surface area contributed by atoms with E-state index in [2.05, 4.69) is 6.58 Å². The lowest BCUT2D eigenvalue weighted by Gasteiger charge is -2.24. The monoisotopic (exact) mass is 294 g/mol. The van der Waals surface area contributed by atoms with Gasteiger partial charge in [0, 0.05) is 11.5 Å². The number of allylic oxidation sites excluding steroid dienone is 1. The third kappa shape index (κ3) is 3.32. The summed E-state index contributed by atoms with van der Waals surface area (Å²) >= 11 is 0. The van der Waals surface area contributed by atoms with Crippen LogP contribution in [0.2, 0.25) is 0 Å². The van der Waals surface area contributed by atoms with E-state index in [1.54, 1.807) is 0 Å². The summed E-state index contributed by atoms with van der Waals surface area (Å²) < 4.78 is 15.0. The van der Waals surface area contributed by atoms with E-state index in [-0.39, 0.29) is 25.0 Å². The molecule has 2 rings (SSSR count). The lowest BCUT2D eigenvalue weighted by Crippen LogP contribution is -2.35. The fourth-order valence-corrected chi connectivity index (χ4v) is 2.83. The fraction of sp³-hybridized carbons (Fsp3) is 0.533. The molecule has 0 saturated heterocycles. The van der Waals surface area contributed by atoms with Crippen molar-refractivity contribution in [2.24, 2.45) is 17.8 Å². The van der Waals surface area contributed by atoms with Gasteiger partial charge in [-0.3, -0.25) is 9.59 Å². The molecule has 0 aromatic rings. The number of ether oxygens (including phenoxy) is 3. The highest BCUT2D eigenvalue weighted by Gasteiger charge is 2.50. The number of fused-ring (bicyclic) bond motifs is 2. The minimum atomic E-state index is -0.518. The molecule has 0 N–H and O–H groups in total. The summed E-state index contributed by atoms with van der Waals surface area (Å²) in [6, 6.07) is 0. The number of esters is 2. The van der Waals surface area contributed by atoms with Crippen molar-refractivity contribution in [1.29, 1.82) is 0 Å². The zero-order chi connectivity index (χ0) is 15.4. The first-order chi connectivity index (χ1) is 10.0. The van der Waals surface area contributed by atoms with Crippen LogP contribution in [0.15, 0.2) is 24.3 Å². The molecule has 2 aliphatic carbocycles. The topological polar surface area (TPSA) is 78.9 Å². The van der Waals surface area contributed by atoms with E-state index in [1.165, 1.54) is 6.92 Å². The van der Waals surface area contributed by atoms with E-state index < -0.39 is 24.0 Å². The highest BCUT2D eigenvalue weighted by Crippen LogP contribution is 2.45. The molecule has 0 amide bonds. The first-order valence-electron chi connectivity index (χ1n) is 6.81. The van der Waals surface area contributed by atoms with Crippen molar-refractivity contribution >= 4 is 18.4 Å². The van der Waals surface area contributed by atoms with E-state index in [0.717, 1.165) is 6.42 Å². The molecular formula is C15H18O6. The number of rotatable bonds is 7. The summed E-state index contributed by atoms with van der Waals surface area (Å²) in [4.78, 5) is 33.8. The van der Waals surface area contributed by atoms with Crippen molar-refractivity contribution < 1.29 is 28.6 Å². The minimum absolute atomic E-state index is 0.0205. The summed E-state index contributed by atoms with van der Waals surface area (Å²) in [6.45, 7) is 5.31. The molecule has 2 bridgehead atoms. The van der Waals surface area contributed by atoms with Crippen molar-refractivity contribution in [1.82, 2.24) is 0 Å². The van der Waals surface area contributed by atoms with E-state index in [4.69, 9.17) is 14.2 Å². The maximum atomic E-state index is 12.1. The van der Waals surface area contributed by atoms with Gasteiger partial charge in [-0.1, -0.05) is 18.7 Å². The third-order valence-corrected chi connectivity index (χ3v) is 3.78. The van der Waals surface area contributed by atoms with Gasteiger partial charge in [0.05, 0.1) is 0 Å². The van der Waals surface area contributed by atoms with E-state index in [1.807, 2.05) is 12.2 Å². The summed E-state index contributed by atoms with van der Waals surface area (Å²) in [5.41, 5.74) is 0.291. The van der Waals surface area contributed by atoms with Crippen LogP contribution in [0.25, 0.3) is 0 Å². The summed E-state index contributed by atoms with van der Waals surface area (Å²) in [6.07, 6.45) is 4.27. The first kappa shape index (κ1) is 15.3. The van der Waals surface area contributed by atoms with Gasteiger partial charge >= 0.3 is 11.9 Å². The van der Waals surface area contributed by atoms with Crippen LogP contribution in [0.5, 0.6) is 0 Å². The van der Waals surface area contributed by atoms with Crippen LogP contribution in [-0.2, 0) is 28.6 Å². The quantitative estimate of drug-likeness (QED) is 0.174. The first-order valence-corrected chi connectivity index (χ1v) is 6.81. The predicted octanol–water partition coefficient (Wildman–Crippen LogP) is 1.01. The maximum Gasteiger partial charge on any atom is 0.333 e. The van der Waals surface area contributed by atoms with Crippen molar-refractivity contribution in [2.75, 3.05) is 13.2 Å². The average molecular weight is 294 g/mol. The van der Waals surface area contributed by atoms with Gasteiger partial charge in [0.2, 0.25) is 0 Å². The maximum absolute atomic E-state index is 12.1. The van der Waals surface area contributed by atoms with E-state index in [0.29, 0.717) is 12.0 Å². The van der Waals surface area contributed by atoms with Crippen LogP contribution in [0, 0.1) is 17.8 Å². The second-order valence-electron chi connectivity index (χ2n) is 5.25. The normalized spacial score (nSPS) is 29.0. The highest BCUT2D eigenvalue weighted by atomic mass is 16.6. The summed E-state index contributed by atoms with van der Waals surface area (Å²) in [7, 11) is 0. The Kier molecular flexibility index (Phi) is 4.77. The van der Waals surface area contributed by atoms with Gasteiger partial charge in [-0.05, 0) is 19.3 Å². The Morgan fingerprint density at radius 2 is 1.90 bits per heavy atom. The van der Waals surface area contributed by atoms with Crippen molar-refractivity contribution in [3.63, 3.8) is 0 Å². The largest absolute Gasteiger partial charge is 0.463 e. The van der Waals surface area contributed by atoms with Crippen molar-refractivity contribution in [3.8, 4) is 0 Å².